The molecular formula is C10H10BaN4O4. The normalized spacial score (nSPS) is 15.4. The third kappa shape index (κ3) is 7.18. The molecule has 19 heavy (non-hydrogen) atoms. The fourth-order valence-electron chi connectivity index (χ4n) is 1.02. The summed E-state index contributed by atoms with van der Waals surface area (Å²) in [5.74, 6) is 0. The van der Waals surface area contributed by atoms with Crippen LogP contribution in [0.1, 0.15) is 0 Å². The standard InChI is InChI=1S/2C5H6N2O2.Ba/c2*8-5(9)7-3-1-6-2-4-7;/h2*1-3H,4H2,(H,8,9);/q;;+2/p-2. The number of amides is 2. The predicted molar refractivity (Wildman–Crippen MR) is 65.2 cm³/mol. The summed E-state index contributed by atoms with van der Waals surface area (Å²) in [4.78, 5) is 29.5. The van der Waals surface area contributed by atoms with Gasteiger partial charge in [0.2, 0.25) is 0 Å². The minimum Gasteiger partial charge on any atom is -0.530 e. The second-order valence-electron chi connectivity index (χ2n) is 3.10. The minimum atomic E-state index is -1.20. The fourth-order valence-corrected chi connectivity index (χ4v) is 1.02. The van der Waals surface area contributed by atoms with Crippen molar-refractivity contribution in [2.24, 2.45) is 9.98 Å². The quantitative estimate of drug-likeness (QED) is 0.447. The van der Waals surface area contributed by atoms with E-state index in [-0.39, 0.29) is 48.9 Å². The average Bonchev–Trinajstić information content (AvgIpc) is 2.41. The van der Waals surface area contributed by atoms with Gasteiger partial charge in [-0.15, -0.1) is 0 Å². The van der Waals surface area contributed by atoms with Gasteiger partial charge in [0.15, 0.2) is 0 Å². The van der Waals surface area contributed by atoms with Crippen LogP contribution in [-0.4, -0.2) is 96.4 Å². The van der Waals surface area contributed by atoms with E-state index < -0.39 is 12.2 Å². The van der Waals surface area contributed by atoms with E-state index in [1.54, 1.807) is 0 Å². The molecule has 0 aliphatic carbocycles. The van der Waals surface area contributed by atoms with E-state index >= 15 is 0 Å². The molecule has 0 bridgehead atoms. The zero-order valence-electron chi connectivity index (χ0n) is 10.0. The van der Waals surface area contributed by atoms with Crippen molar-refractivity contribution in [1.29, 1.82) is 0 Å². The molecule has 0 N–H and O–H groups in total. The van der Waals surface area contributed by atoms with Crippen molar-refractivity contribution in [3.8, 4) is 0 Å². The number of carbonyl (C=O) groups is 2. The second kappa shape index (κ2) is 9.81. The molecule has 8 nitrogen and oxygen atoms in total. The summed E-state index contributed by atoms with van der Waals surface area (Å²) in [6.45, 7) is 0.581. The topological polar surface area (TPSA) is 111 Å². The molecular weight excluding hydrogens is 377 g/mol. The van der Waals surface area contributed by atoms with Crippen LogP contribution in [0.2, 0.25) is 0 Å². The van der Waals surface area contributed by atoms with Gasteiger partial charge in [-0.3, -0.25) is 9.98 Å². The molecule has 0 spiro atoms. The average molecular weight is 388 g/mol. The van der Waals surface area contributed by atoms with E-state index in [0.29, 0.717) is 13.1 Å². The van der Waals surface area contributed by atoms with Gasteiger partial charge in [-0.1, -0.05) is 0 Å². The number of hydrogen-bond acceptors (Lipinski definition) is 6. The van der Waals surface area contributed by atoms with Crippen molar-refractivity contribution in [2.75, 3.05) is 13.1 Å². The minimum absolute atomic E-state index is 0. The zero-order valence-corrected chi connectivity index (χ0v) is 14.4. The number of carboxylic acid groups (broad SMARTS) is 2. The number of nitrogens with zero attached hydrogens (tertiary/aromatic N) is 4. The van der Waals surface area contributed by atoms with Crippen molar-refractivity contribution in [3.63, 3.8) is 0 Å². The van der Waals surface area contributed by atoms with Gasteiger partial charge >= 0.3 is 48.9 Å². The van der Waals surface area contributed by atoms with E-state index in [1.807, 2.05) is 0 Å². The summed E-state index contributed by atoms with van der Waals surface area (Å²) < 4.78 is 0. The van der Waals surface area contributed by atoms with Crippen molar-refractivity contribution in [2.45, 2.75) is 0 Å². The number of rotatable bonds is 0. The predicted octanol–water partition coefficient (Wildman–Crippen LogP) is -2.01. The molecule has 2 aliphatic heterocycles. The van der Waals surface area contributed by atoms with Gasteiger partial charge in [-0.2, -0.15) is 0 Å². The van der Waals surface area contributed by atoms with Crippen molar-refractivity contribution < 1.29 is 19.8 Å². The van der Waals surface area contributed by atoms with Gasteiger partial charge in [0, 0.05) is 37.2 Å². The van der Waals surface area contributed by atoms with E-state index in [1.165, 1.54) is 37.2 Å². The molecule has 2 aliphatic rings. The summed E-state index contributed by atoms with van der Waals surface area (Å²) in [7, 11) is 0. The summed E-state index contributed by atoms with van der Waals surface area (Å²) in [6, 6.07) is 0. The molecule has 0 aromatic carbocycles. The van der Waals surface area contributed by atoms with E-state index in [4.69, 9.17) is 0 Å². The molecule has 0 fully saturated rings. The maximum Gasteiger partial charge on any atom is 2.00 e. The third-order valence-corrected chi connectivity index (χ3v) is 1.90. The van der Waals surface area contributed by atoms with Gasteiger partial charge in [0.25, 0.3) is 0 Å². The van der Waals surface area contributed by atoms with Crippen LogP contribution in [0.25, 0.3) is 0 Å². The van der Waals surface area contributed by atoms with Gasteiger partial charge in [-0.05, 0) is 0 Å². The monoisotopic (exact) mass is 388 g/mol. The van der Waals surface area contributed by atoms with Gasteiger partial charge < -0.3 is 29.6 Å². The maximum atomic E-state index is 10.1. The molecule has 2 rings (SSSR count). The molecule has 0 unspecified atom stereocenters. The molecule has 0 radical (unpaired) electrons. The molecule has 0 atom stereocenters. The summed E-state index contributed by atoms with van der Waals surface area (Å²) in [5.41, 5.74) is 0. The van der Waals surface area contributed by atoms with Gasteiger partial charge in [-0.25, -0.2) is 0 Å². The van der Waals surface area contributed by atoms with Crippen LogP contribution in [0.15, 0.2) is 34.8 Å². The van der Waals surface area contributed by atoms with Crippen molar-refractivity contribution >= 4 is 73.5 Å². The van der Waals surface area contributed by atoms with Crippen LogP contribution in [0.5, 0.6) is 0 Å². The first-order valence-electron chi connectivity index (χ1n) is 4.93. The molecule has 0 aromatic rings. The molecule has 0 saturated carbocycles. The van der Waals surface area contributed by atoms with Crippen LogP contribution in [0, 0.1) is 0 Å². The summed E-state index contributed by atoms with van der Waals surface area (Å²) in [6.07, 6.45) is 6.12. The van der Waals surface area contributed by atoms with E-state index in [2.05, 4.69) is 9.98 Å². The molecule has 2 heterocycles. The third-order valence-electron chi connectivity index (χ3n) is 1.90. The number of carbonyl (C=O) groups excluding carboxylic acids is 2. The summed E-state index contributed by atoms with van der Waals surface area (Å²) in [5, 5.41) is 20.1. The Bertz CT molecular complexity index is 393. The second-order valence-corrected chi connectivity index (χ2v) is 3.10. The Morgan fingerprint density at radius 2 is 1.26 bits per heavy atom. The van der Waals surface area contributed by atoms with Crippen LogP contribution in [0.4, 0.5) is 9.59 Å². The largest absolute Gasteiger partial charge is 2.00 e. The number of hydrogen-bond donors (Lipinski definition) is 0. The van der Waals surface area contributed by atoms with Crippen LogP contribution in [0.3, 0.4) is 0 Å². The van der Waals surface area contributed by atoms with Crippen LogP contribution < -0.4 is 10.2 Å². The SMILES string of the molecule is O=C([O-])N1C=CN=CC1.O=C([O-])N1C=CN=CC1.[Ba+2]. The smallest absolute Gasteiger partial charge is 0.530 e. The molecule has 0 aromatic heterocycles. The molecule has 96 valence electrons. The van der Waals surface area contributed by atoms with Crippen molar-refractivity contribution in [3.05, 3.63) is 24.8 Å². The Labute approximate surface area is 149 Å². The maximum absolute atomic E-state index is 10.1. The molecule has 9 heteroatoms. The Morgan fingerprint density at radius 3 is 1.42 bits per heavy atom. The first kappa shape index (κ1) is 17.9. The van der Waals surface area contributed by atoms with Gasteiger partial charge in [0.1, 0.15) is 12.2 Å². The first-order valence-corrected chi connectivity index (χ1v) is 4.93. The molecule has 2 amide bonds. The zero-order chi connectivity index (χ0) is 13.4. The van der Waals surface area contributed by atoms with E-state index in [0.717, 1.165) is 9.80 Å². The Hall–Kier alpha value is -1.07. The Balaban J connectivity index is 0.000000324. The van der Waals surface area contributed by atoms with Gasteiger partial charge in [0.05, 0.1) is 13.1 Å². The Kier molecular flexibility index (Phi) is 9.26. The van der Waals surface area contributed by atoms with Crippen molar-refractivity contribution in [1.82, 2.24) is 9.80 Å². The number of aliphatic imine (C=N–C) groups is 2. The molecule has 0 saturated heterocycles. The van der Waals surface area contributed by atoms with E-state index in [9.17, 15) is 19.8 Å². The Morgan fingerprint density at radius 1 is 0.895 bits per heavy atom. The first-order chi connectivity index (χ1) is 8.61. The summed E-state index contributed by atoms with van der Waals surface area (Å²) >= 11 is 0. The fraction of sp³-hybridized carbons (Fsp3) is 0.200. The van der Waals surface area contributed by atoms with Crippen LogP contribution in [-0.2, 0) is 0 Å². The van der Waals surface area contributed by atoms with Crippen LogP contribution >= 0.6 is 0 Å².